The minimum atomic E-state index is -1.84. The Kier molecular flexibility index (Phi) is 24.3. The molecule has 0 aromatic rings. The SMILES string of the molecule is CC(=O)C1(N=C(N)N(C)CCC/C=C/CC(C)/C=C/CCCC(C)/C=C(\C)C(OC2OC(C(=O)O)C(O)C(O)C2O)C(C)/C=C/C=C/C=C/C=C/C=C(\C)C(=O)NC2=C(O)CCC2=O)CCCC1. The fourth-order valence-corrected chi connectivity index (χ4v) is 8.28. The smallest absolute Gasteiger partial charge is 0.335 e. The first-order chi connectivity index (χ1) is 32.3. The van der Waals surface area contributed by atoms with Gasteiger partial charge in [0.25, 0.3) is 5.91 Å². The van der Waals surface area contributed by atoms with Crippen LogP contribution < -0.4 is 11.1 Å². The highest BCUT2D eigenvalue weighted by atomic mass is 16.7. The van der Waals surface area contributed by atoms with Crippen LogP contribution in [-0.2, 0) is 28.7 Å². The molecule has 8 N–H and O–H groups in total. The summed E-state index contributed by atoms with van der Waals surface area (Å²) in [5.74, 6) is -1.58. The molecule has 0 spiro atoms. The largest absolute Gasteiger partial charge is 0.510 e. The molecule has 1 saturated heterocycles. The number of nitrogens with one attached hydrogen (secondary N) is 1. The Bertz CT molecular complexity index is 2000. The van der Waals surface area contributed by atoms with E-state index in [2.05, 4.69) is 54.5 Å². The maximum Gasteiger partial charge on any atom is 0.335 e. The van der Waals surface area contributed by atoms with Crippen molar-refractivity contribution in [2.24, 2.45) is 28.5 Å². The van der Waals surface area contributed by atoms with Crippen LogP contribution in [0.4, 0.5) is 0 Å². The number of ketones is 2. The van der Waals surface area contributed by atoms with Gasteiger partial charge in [0.1, 0.15) is 35.3 Å². The Morgan fingerprint density at radius 3 is 2.16 bits per heavy atom. The number of rotatable bonds is 26. The van der Waals surface area contributed by atoms with Crippen molar-refractivity contribution in [2.75, 3.05) is 13.6 Å². The van der Waals surface area contributed by atoms with Crippen molar-refractivity contribution in [1.82, 2.24) is 10.2 Å². The van der Waals surface area contributed by atoms with E-state index in [-0.39, 0.29) is 47.7 Å². The van der Waals surface area contributed by atoms with E-state index in [0.717, 1.165) is 76.3 Å². The summed E-state index contributed by atoms with van der Waals surface area (Å²) in [7, 11) is 1.93. The normalized spacial score (nSPS) is 24.9. The molecule has 376 valence electrons. The Balaban J connectivity index is 1.52. The molecule has 9 unspecified atom stereocenters. The first-order valence-corrected chi connectivity index (χ1v) is 24.0. The summed E-state index contributed by atoms with van der Waals surface area (Å²) in [6.45, 7) is 12.1. The quantitative estimate of drug-likeness (QED) is 0.0114. The number of carboxylic acid groups (broad SMARTS) is 1. The predicted molar refractivity (Wildman–Crippen MR) is 265 cm³/mol. The van der Waals surface area contributed by atoms with Crippen LogP contribution in [0.3, 0.4) is 0 Å². The highest BCUT2D eigenvalue weighted by Gasteiger charge is 2.48. The van der Waals surface area contributed by atoms with E-state index in [1.54, 1.807) is 50.3 Å². The topological polar surface area (TPSA) is 242 Å². The summed E-state index contributed by atoms with van der Waals surface area (Å²) in [6, 6.07) is 0. The molecule has 0 radical (unpaired) electrons. The lowest BCUT2D eigenvalue weighted by Crippen LogP contribution is -2.61. The van der Waals surface area contributed by atoms with E-state index in [9.17, 15) is 44.7 Å². The van der Waals surface area contributed by atoms with Crippen LogP contribution in [-0.4, -0.2) is 116 Å². The van der Waals surface area contributed by atoms with Gasteiger partial charge in [0.05, 0.1) is 6.10 Å². The van der Waals surface area contributed by atoms with Crippen LogP contribution in [0, 0.1) is 17.8 Å². The highest BCUT2D eigenvalue weighted by molar-refractivity contribution is 6.04. The van der Waals surface area contributed by atoms with Gasteiger partial charge in [0.2, 0.25) is 0 Å². The summed E-state index contributed by atoms with van der Waals surface area (Å²) in [5.41, 5.74) is 6.77. The second-order valence-electron chi connectivity index (χ2n) is 18.5. The predicted octanol–water partition coefficient (Wildman–Crippen LogP) is 7.14. The Labute approximate surface area is 403 Å². The van der Waals surface area contributed by atoms with E-state index in [4.69, 9.17) is 15.2 Å². The number of Topliss-reactive ketones (excluding diaryl/α,β-unsaturated/α-hetero) is 2. The number of nitrogens with zero attached hydrogens (tertiary/aromatic N) is 2. The Morgan fingerprint density at radius 1 is 0.882 bits per heavy atom. The molecule has 3 aliphatic rings. The molecule has 0 bridgehead atoms. The van der Waals surface area contributed by atoms with Crippen LogP contribution in [0.1, 0.15) is 119 Å². The number of carbonyl (C=O) groups excluding carboxylic acids is 3. The molecule has 2 fully saturated rings. The lowest BCUT2D eigenvalue weighted by atomic mass is 9.92. The number of aliphatic carboxylic acids is 1. The van der Waals surface area contributed by atoms with E-state index < -0.39 is 54.2 Å². The maximum absolute atomic E-state index is 12.4. The molecule has 3 rings (SSSR count). The van der Waals surface area contributed by atoms with Crippen molar-refractivity contribution < 1.29 is 54.2 Å². The average Bonchev–Trinajstić information content (AvgIpc) is 3.90. The highest BCUT2D eigenvalue weighted by Crippen LogP contribution is 2.34. The minimum Gasteiger partial charge on any atom is -0.510 e. The summed E-state index contributed by atoms with van der Waals surface area (Å²) in [4.78, 5) is 54.9. The van der Waals surface area contributed by atoms with Gasteiger partial charge in [-0.3, -0.25) is 14.4 Å². The summed E-state index contributed by atoms with van der Waals surface area (Å²) < 4.78 is 11.7. The molecule has 68 heavy (non-hydrogen) atoms. The monoisotopic (exact) mass is 947 g/mol. The fourth-order valence-electron chi connectivity index (χ4n) is 8.28. The van der Waals surface area contributed by atoms with Crippen LogP contribution in [0.25, 0.3) is 0 Å². The van der Waals surface area contributed by atoms with Gasteiger partial charge in [0.15, 0.2) is 29.9 Å². The van der Waals surface area contributed by atoms with Crippen LogP contribution in [0.15, 0.2) is 113 Å². The number of carboxylic acids is 1. The molecular weight excluding hydrogens is 869 g/mol. The number of carbonyl (C=O) groups is 4. The third kappa shape index (κ3) is 18.4. The molecule has 1 aliphatic heterocycles. The fraction of sp³-hybridized carbons (Fsp3) is 0.566. The van der Waals surface area contributed by atoms with Crippen molar-refractivity contribution in [2.45, 2.75) is 161 Å². The van der Waals surface area contributed by atoms with Gasteiger partial charge in [-0.1, -0.05) is 119 Å². The standard InChI is InChI=1S/C53H78N4O11/c1-35(24-16-13-14-23-33-57(7)52(54)56-53(40(6)58)31-21-22-32-53)25-17-15-18-26-36(2)34-39(5)47(67-51-46(63)44(61)45(62)48(68-51)50(65)66)37(3)27-19-11-9-8-10-12-20-28-38(4)49(64)55-43-41(59)29-30-42(43)60/h8-13,16-17,19-20,25,27-28,34-37,44-48,51,59,61-63H,14-15,18,21-24,26,29-33H2,1-7H3,(H2,54,56)(H,55,64)(H,65,66)/b10-8+,11-9+,16-13+,20-12+,25-17+,27-19+,38-28+,39-34+. The minimum absolute atomic E-state index is 0.0451. The Morgan fingerprint density at radius 2 is 1.53 bits per heavy atom. The number of allylic oxidation sites excluding steroid dienone is 15. The zero-order valence-corrected chi connectivity index (χ0v) is 41.1. The van der Waals surface area contributed by atoms with Crippen molar-refractivity contribution >= 4 is 29.4 Å². The number of hydrogen-bond donors (Lipinski definition) is 7. The van der Waals surface area contributed by atoms with Crippen molar-refractivity contribution in [3.63, 3.8) is 0 Å². The van der Waals surface area contributed by atoms with Crippen LogP contribution in [0.5, 0.6) is 0 Å². The van der Waals surface area contributed by atoms with Crippen LogP contribution in [0.2, 0.25) is 0 Å². The van der Waals surface area contributed by atoms with E-state index >= 15 is 0 Å². The van der Waals surface area contributed by atoms with E-state index in [1.165, 1.54) is 0 Å². The van der Waals surface area contributed by atoms with E-state index in [0.29, 0.717) is 17.5 Å². The number of aliphatic hydroxyl groups is 4. The van der Waals surface area contributed by atoms with Crippen molar-refractivity contribution in [3.05, 3.63) is 108 Å². The van der Waals surface area contributed by atoms with Gasteiger partial charge in [-0.25, -0.2) is 9.79 Å². The lowest BCUT2D eigenvalue weighted by Gasteiger charge is -2.40. The van der Waals surface area contributed by atoms with Crippen molar-refractivity contribution in [1.29, 1.82) is 0 Å². The molecule has 1 heterocycles. The zero-order valence-electron chi connectivity index (χ0n) is 41.1. The number of hydrogen-bond acceptors (Lipinski definition) is 11. The summed E-state index contributed by atoms with van der Waals surface area (Å²) >= 11 is 0. The van der Waals surface area contributed by atoms with Gasteiger partial charge in [-0.2, -0.15) is 0 Å². The molecule has 15 heteroatoms. The zero-order chi connectivity index (χ0) is 50.4. The van der Waals surface area contributed by atoms with Crippen LogP contribution >= 0.6 is 0 Å². The van der Waals surface area contributed by atoms with Crippen molar-refractivity contribution in [3.8, 4) is 0 Å². The Hall–Kier alpha value is -5.19. The number of aliphatic hydroxyl groups excluding tert-OH is 4. The van der Waals surface area contributed by atoms with Gasteiger partial charge in [0, 0.05) is 37.9 Å². The lowest BCUT2D eigenvalue weighted by molar-refractivity contribution is -0.303. The number of nitrogens with two attached hydrogens (primary N) is 1. The molecule has 1 saturated carbocycles. The average molecular weight is 947 g/mol. The number of amides is 1. The first-order valence-electron chi connectivity index (χ1n) is 24.0. The van der Waals surface area contributed by atoms with Gasteiger partial charge < -0.3 is 51.0 Å². The summed E-state index contributed by atoms with van der Waals surface area (Å²) in [6.07, 6.45) is 27.1. The third-order valence-electron chi connectivity index (χ3n) is 12.6. The molecule has 1 amide bonds. The number of aliphatic imine (C=N–C) groups is 1. The second kappa shape index (κ2) is 29.0. The van der Waals surface area contributed by atoms with Gasteiger partial charge in [-0.05, 0) is 89.5 Å². The maximum atomic E-state index is 12.4. The van der Waals surface area contributed by atoms with Gasteiger partial charge >= 0.3 is 5.97 Å². The first kappa shape index (κ1) is 57.1. The molecular formula is C53H78N4O11. The second-order valence-corrected chi connectivity index (χ2v) is 18.5. The molecule has 15 nitrogen and oxygen atoms in total. The van der Waals surface area contributed by atoms with E-state index in [1.807, 2.05) is 44.0 Å². The molecule has 0 aromatic carbocycles. The number of unbranched alkanes of at least 4 members (excludes halogenated alkanes) is 2. The molecule has 2 aliphatic carbocycles. The number of guanidine groups is 1. The molecule has 9 atom stereocenters. The number of ether oxygens (including phenoxy) is 2. The van der Waals surface area contributed by atoms with Gasteiger partial charge in [-0.15, -0.1) is 0 Å². The summed E-state index contributed by atoms with van der Waals surface area (Å²) in [5, 5.41) is 53.3. The molecule has 0 aromatic heterocycles. The third-order valence-corrected chi connectivity index (χ3v) is 12.6.